The van der Waals surface area contributed by atoms with E-state index in [1.165, 1.54) is 128 Å². The van der Waals surface area contributed by atoms with Gasteiger partial charge in [0.15, 0.2) is 0 Å². The van der Waals surface area contributed by atoms with Gasteiger partial charge in [0, 0.05) is 106 Å². The van der Waals surface area contributed by atoms with Crippen LogP contribution >= 0.6 is 0 Å². The molecule has 0 fully saturated rings. The minimum atomic E-state index is 0.318. The summed E-state index contributed by atoms with van der Waals surface area (Å²) in [5.41, 5.74) is 0. The SMILES string of the molecule is CC(C)CCCCCOC(C)C.CC(C)CCCCCOC(C)C.CC(C)CCCCOCC(C)C.CC(C)CCCCOCC(C)C.CC(C)CCCOCCC(C)C.CC(C)CCCOCCC(C)C.CC(C)CCOCCOC(C)C.CC(C)COCCCOC(C)C.CC(C)OCCCCOC(C)C. The third kappa shape index (κ3) is 178. The predicted octanol–water partition coefficient (Wildman–Crippen LogP) is 28.8. The fourth-order valence-corrected chi connectivity index (χ4v) is 8.89. The fraction of sp³-hybridized carbons (Fsp3) is 1.00. The molecule has 666 valence electrons. The molecule has 0 rings (SSSR count). The Morgan fingerprint density at radius 2 is 0.296 bits per heavy atom. The van der Waals surface area contributed by atoms with Crippen molar-refractivity contribution in [3.63, 3.8) is 0 Å². The van der Waals surface area contributed by atoms with Crippen LogP contribution in [0.2, 0.25) is 0 Å². The fourth-order valence-electron chi connectivity index (χ4n) is 8.89. The first-order chi connectivity index (χ1) is 50.6. The van der Waals surface area contributed by atoms with Gasteiger partial charge in [-0.1, -0.05) is 230 Å². The van der Waals surface area contributed by atoms with Crippen LogP contribution in [-0.4, -0.2) is 156 Å². The lowest BCUT2D eigenvalue weighted by Crippen LogP contribution is -2.10. The third-order valence-corrected chi connectivity index (χ3v) is 15.4. The molecular formula is C96H210O12. The lowest BCUT2D eigenvalue weighted by atomic mass is 10.1. The van der Waals surface area contributed by atoms with E-state index in [1.54, 1.807) is 0 Å². The minimum absolute atomic E-state index is 0.318. The summed E-state index contributed by atoms with van der Waals surface area (Å²) in [4.78, 5) is 0. The topological polar surface area (TPSA) is 111 Å². The summed E-state index contributed by atoms with van der Waals surface area (Å²) in [6.45, 7) is 94.4. The molecule has 0 aliphatic carbocycles. The average molecular weight is 1560 g/mol. The third-order valence-electron chi connectivity index (χ3n) is 15.4. The Morgan fingerprint density at radius 3 is 0.528 bits per heavy atom. The first-order valence-electron chi connectivity index (χ1n) is 45.8. The molecule has 12 heteroatoms. The zero-order valence-electron chi connectivity index (χ0n) is 81.0. The summed E-state index contributed by atoms with van der Waals surface area (Å²) in [5.74, 6) is 9.30. The van der Waals surface area contributed by atoms with Crippen LogP contribution in [0.15, 0.2) is 0 Å². The van der Waals surface area contributed by atoms with Gasteiger partial charge in [0.2, 0.25) is 0 Å². The van der Waals surface area contributed by atoms with Crippen LogP contribution in [0.1, 0.15) is 403 Å². The quantitative estimate of drug-likeness (QED) is 0.0541. The summed E-state index contributed by atoms with van der Waals surface area (Å²) in [7, 11) is 0. The van der Waals surface area contributed by atoms with Crippen molar-refractivity contribution in [3.05, 3.63) is 0 Å². The summed E-state index contributed by atoms with van der Waals surface area (Å²) in [6.07, 6.45) is 32.2. The van der Waals surface area contributed by atoms with Gasteiger partial charge in [0.1, 0.15) is 0 Å². The van der Waals surface area contributed by atoms with E-state index in [9.17, 15) is 0 Å². The van der Waals surface area contributed by atoms with Crippen molar-refractivity contribution in [2.75, 3.05) is 119 Å². The summed E-state index contributed by atoms with van der Waals surface area (Å²) in [5, 5.41) is 0. The Labute approximate surface area is 683 Å². The average Bonchev–Trinajstić information content (AvgIpc) is 2.47. The van der Waals surface area contributed by atoms with Crippen LogP contribution in [0.3, 0.4) is 0 Å². The molecule has 0 atom stereocenters. The van der Waals surface area contributed by atoms with Crippen molar-refractivity contribution in [2.24, 2.45) is 71.0 Å². The van der Waals surface area contributed by atoms with Crippen LogP contribution in [-0.2, 0) is 56.8 Å². The van der Waals surface area contributed by atoms with Gasteiger partial charge < -0.3 is 56.8 Å². The first-order valence-corrected chi connectivity index (χ1v) is 45.8. The maximum absolute atomic E-state index is 5.49. The molecule has 0 heterocycles. The Kier molecular flexibility index (Phi) is 119. The normalized spacial score (nSPS) is 11.5. The molecule has 0 N–H and O–H groups in total. The van der Waals surface area contributed by atoms with Crippen molar-refractivity contribution in [1.29, 1.82) is 0 Å². The van der Waals surface area contributed by atoms with Gasteiger partial charge in [-0.25, -0.2) is 0 Å². The van der Waals surface area contributed by atoms with Crippen LogP contribution in [0.25, 0.3) is 0 Å². The van der Waals surface area contributed by atoms with E-state index in [1.807, 2.05) is 13.8 Å². The van der Waals surface area contributed by atoms with E-state index in [0.717, 1.165) is 198 Å². The lowest BCUT2D eigenvalue weighted by molar-refractivity contribution is 0.0171. The molecule has 0 aliphatic rings. The van der Waals surface area contributed by atoms with Gasteiger partial charge in [-0.05, 0) is 244 Å². The second kappa shape index (κ2) is 103. The van der Waals surface area contributed by atoms with Crippen LogP contribution in [0.4, 0.5) is 0 Å². The second-order valence-electron chi connectivity index (χ2n) is 36.7. The van der Waals surface area contributed by atoms with Gasteiger partial charge >= 0.3 is 0 Å². The number of unbranched alkanes of at least 4 members (excludes halogenated alkanes) is 7. The van der Waals surface area contributed by atoms with E-state index < -0.39 is 0 Å². The molecule has 0 unspecified atom stereocenters. The van der Waals surface area contributed by atoms with E-state index in [-0.39, 0.29) is 0 Å². The Balaban J connectivity index is -0.000000146. The van der Waals surface area contributed by atoms with Crippen molar-refractivity contribution in [3.8, 4) is 0 Å². The maximum atomic E-state index is 5.49. The molecule has 0 spiro atoms. The van der Waals surface area contributed by atoms with E-state index in [2.05, 4.69) is 235 Å². The highest BCUT2D eigenvalue weighted by atomic mass is 16.5. The molecular weight excluding hydrogens is 1350 g/mol. The molecule has 0 aromatic carbocycles. The molecule has 12 nitrogen and oxygen atoms in total. The molecule has 0 amide bonds. The zero-order chi connectivity index (χ0) is 84.6. The highest BCUT2D eigenvalue weighted by Gasteiger charge is 2.04. The molecule has 0 saturated carbocycles. The number of hydrogen-bond acceptors (Lipinski definition) is 12. The zero-order valence-corrected chi connectivity index (χ0v) is 81.0. The van der Waals surface area contributed by atoms with Gasteiger partial charge in [0.05, 0.1) is 49.8 Å². The standard InChI is InChI=1S/6C11H24O.3C10H22O2/c2*1-10(2)6-5-8-12-9-7-11(3)4;2*1-10(2)7-5-6-8-12-9-11(3)4;2*1-10(2)8-6-5-7-9-12-11(3)4;1-9(2)5-6-11-7-8-12-10(3)4;1-9(2)8-11-6-5-7-12-10(3)4;1-9(2)11-7-5-6-8-12-10(3)4/h6*10-11H,5-9H2,1-4H3;3*9-10H,5-8H2,1-4H3. The number of rotatable bonds is 63. The molecule has 0 radical (unpaired) electrons. The van der Waals surface area contributed by atoms with Gasteiger partial charge in [-0.2, -0.15) is 0 Å². The Bertz CT molecular complexity index is 1030. The van der Waals surface area contributed by atoms with Crippen LogP contribution in [0.5, 0.6) is 0 Å². The van der Waals surface area contributed by atoms with Crippen molar-refractivity contribution in [1.82, 2.24) is 0 Å². The minimum Gasteiger partial charge on any atom is -0.381 e. The monoisotopic (exact) mass is 1560 g/mol. The largest absolute Gasteiger partial charge is 0.381 e. The second-order valence-corrected chi connectivity index (χ2v) is 36.7. The van der Waals surface area contributed by atoms with E-state index in [4.69, 9.17) is 56.8 Å². The summed E-state index contributed by atoms with van der Waals surface area (Å²) >= 11 is 0. The van der Waals surface area contributed by atoms with E-state index >= 15 is 0 Å². The Hall–Kier alpha value is -0.480. The highest BCUT2D eigenvalue weighted by Crippen LogP contribution is 2.13. The molecule has 0 aliphatic heterocycles. The van der Waals surface area contributed by atoms with Gasteiger partial charge in [-0.3, -0.25) is 0 Å². The van der Waals surface area contributed by atoms with Gasteiger partial charge in [0.25, 0.3) is 0 Å². The number of hydrogen-bond donors (Lipinski definition) is 0. The first kappa shape index (κ1) is 126. The van der Waals surface area contributed by atoms with Gasteiger partial charge in [-0.15, -0.1) is 0 Å². The molecule has 0 aromatic rings. The highest BCUT2D eigenvalue weighted by molar-refractivity contribution is 4.54. The smallest absolute Gasteiger partial charge is 0.0703 e. The lowest BCUT2D eigenvalue weighted by Gasteiger charge is -2.08. The Morgan fingerprint density at radius 1 is 0.120 bits per heavy atom. The summed E-state index contributed by atoms with van der Waals surface area (Å²) in [6, 6.07) is 0. The maximum Gasteiger partial charge on any atom is 0.0703 e. The molecule has 108 heavy (non-hydrogen) atoms. The van der Waals surface area contributed by atoms with Crippen molar-refractivity contribution >= 4 is 0 Å². The number of ether oxygens (including phenoxy) is 12. The summed E-state index contributed by atoms with van der Waals surface area (Å²) < 4.78 is 65.1. The van der Waals surface area contributed by atoms with E-state index in [0.29, 0.717) is 54.4 Å². The van der Waals surface area contributed by atoms with Crippen molar-refractivity contribution < 1.29 is 56.8 Å². The predicted molar refractivity (Wildman–Crippen MR) is 480 cm³/mol. The molecule has 0 saturated heterocycles. The van der Waals surface area contributed by atoms with Crippen LogP contribution < -0.4 is 0 Å². The van der Waals surface area contributed by atoms with Crippen molar-refractivity contribution in [2.45, 2.75) is 440 Å². The van der Waals surface area contributed by atoms with Crippen LogP contribution in [0, 0.1) is 71.0 Å². The molecule has 0 bridgehead atoms. The molecule has 0 aromatic heterocycles.